The molecule has 0 amide bonds. The van der Waals surface area contributed by atoms with E-state index in [0.717, 1.165) is 22.6 Å². The summed E-state index contributed by atoms with van der Waals surface area (Å²) in [5, 5.41) is 12.9. The Bertz CT molecular complexity index is 752. The van der Waals surface area contributed by atoms with Crippen LogP contribution in [-0.2, 0) is 4.74 Å². The van der Waals surface area contributed by atoms with Crippen molar-refractivity contribution in [2.75, 3.05) is 25.6 Å². The number of aromatic nitrogens is 2. The van der Waals surface area contributed by atoms with Crippen molar-refractivity contribution < 1.29 is 9.84 Å². The standard InChI is InChI=1S/C16H17N3O2/c1-21-10-8-18-16-15-6-5-14(19(15)9-7-17-16)12-3-2-4-13(20)11-12/h2-7,9,11,20H,8,10H2,1H3,(H,17,18). The average molecular weight is 283 g/mol. The minimum atomic E-state index is 0.259. The van der Waals surface area contributed by atoms with Crippen LogP contribution in [0.1, 0.15) is 0 Å². The number of phenols is 1. The number of hydrogen-bond donors (Lipinski definition) is 2. The van der Waals surface area contributed by atoms with E-state index in [1.807, 2.05) is 30.5 Å². The highest BCUT2D eigenvalue weighted by Crippen LogP contribution is 2.27. The van der Waals surface area contributed by atoms with Crippen molar-refractivity contribution in [2.24, 2.45) is 0 Å². The molecule has 2 heterocycles. The number of hydrogen-bond acceptors (Lipinski definition) is 4. The van der Waals surface area contributed by atoms with Gasteiger partial charge in [-0.3, -0.25) is 0 Å². The molecule has 1 aromatic carbocycles. The van der Waals surface area contributed by atoms with Crippen LogP contribution in [0.3, 0.4) is 0 Å². The predicted octanol–water partition coefficient (Wildman–Crippen LogP) is 2.77. The van der Waals surface area contributed by atoms with Crippen molar-refractivity contribution in [1.29, 1.82) is 0 Å². The molecule has 0 saturated carbocycles. The number of rotatable bonds is 5. The fourth-order valence-corrected chi connectivity index (χ4v) is 2.35. The molecule has 0 atom stereocenters. The molecule has 5 heteroatoms. The largest absolute Gasteiger partial charge is 0.508 e. The van der Waals surface area contributed by atoms with Crippen LogP contribution in [0.25, 0.3) is 16.8 Å². The van der Waals surface area contributed by atoms with Crippen molar-refractivity contribution >= 4 is 11.3 Å². The van der Waals surface area contributed by atoms with Gasteiger partial charge in [0.05, 0.1) is 17.8 Å². The highest BCUT2D eigenvalue weighted by Gasteiger charge is 2.08. The van der Waals surface area contributed by atoms with Crippen molar-refractivity contribution in [3.8, 4) is 17.0 Å². The Balaban J connectivity index is 2.01. The Labute approximate surface area is 122 Å². The summed E-state index contributed by atoms with van der Waals surface area (Å²) in [4.78, 5) is 4.37. The van der Waals surface area contributed by atoms with Gasteiger partial charge in [0, 0.05) is 31.6 Å². The van der Waals surface area contributed by atoms with Crippen LogP contribution >= 0.6 is 0 Å². The zero-order chi connectivity index (χ0) is 14.7. The monoisotopic (exact) mass is 283 g/mol. The van der Waals surface area contributed by atoms with Gasteiger partial charge in [-0.15, -0.1) is 0 Å². The summed E-state index contributed by atoms with van der Waals surface area (Å²) in [5.41, 5.74) is 2.97. The summed E-state index contributed by atoms with van der Waals surface area (Å²) in [5.74, 6) is 1.08. The number of benzene rings is 1. The van der Waals surface area contributed by atoms with Gasteiger partial charge in [-0.25, -0.2) is 4.98 Å². The number of ether oxygens (including phenoxy) is 1. The van der Waals surface area contributed by atoms with Crippen LogP contribution < -0.4 is 5.32 Å². The molecule has 0 aliphatic rings. The second-order valence-electron chi connectivity index (χ2n) is 4.72. The van der Waals surface area contributed by atoms with Crippen molar-refractivity contribution in [3.63, 3.8) is 0 Å². The Morgan fingerprint density at radius 3 is 3.00 bits per heavy atom. The zero-order valence-corrected chi connectivity index (χ0v) is 11.8. The van der Waals surface area contributed by atoms with Crippen molar-refractivity contribution in [2.45, 2.75) is 0 Å². The summed E-state index contributed by atoms with van der Waals surface area (Å²) in [7, 11) is 1.67. The first-order valence-electron chi connectivity index (χ1n) is 6.78. The van der Waals surface area contributed by atoms with Gasteiger partial charge in [0.25, 0.3) is 0 Å². The molecule has 0 aliphatic heterocycles. The molecule has 5 nitrogen and oxygen atoms in total. The van der Waals surface area contributed by atoms with E-state index in [2.05, 4.69) is 14.7 Å². The number of phenolic OH excluding ortho intramolecular Hbond substituents is 1. The molecule has 3 aromatic rings. The Hall–Kier alpha value is -2.53. The van der Waals surface area contributed by atoms with E-state index in [1.54, 1.807) is 25.4 Å². The number of aromatic hydroxyl groups is 1. The van der Waals surface area contributed by atoms with Crippen LogP contribution in [0.4, 0.5) is 5.82 Å². The first-order chi connectivity index (χ1) is 10.3. The number of anilines is 1. The van der Waals surface area contributed by atoms with Crippen LogP contribution in [0.5, 0.6) is 5.75 Å². The highest BCUT2D eigenvalue weighted by molar-refractivity contribution is 5.75. The van der Waals surface area contributed by atoms with E-state index < -0.39 is 0 Å². The van der Waals surface area contributed by atoms with E-state index >= 15 is 0 Å². The third kappa shape index (κ3) is 2.68. The maximum Gasteiger partial charge on any atom is 0.150 e. The van der Waals surface area contributed by atoms with E-state index in [1.165, 1.54) is 0 Å². The minimum Gasteiger partial charge on any atom is -0.508 e. The lowest BCUT2D eigenvalue weighted by Crippen LogP contribution is -2.09. The first kappa shape index (κ1) is 13.5. The van der Waals surface area contributed by atoms with Crippen molar-refractivity contribution in [3.05, 3.63) is 48.8 Å². The molecule has 0 fully saturated rings. The SMILES string of the molecule is COCCNc1nccn2c(-c3cccc(O)c3)ccc12. The molecule has 108 valence electrons. The van der Waals surface area contributed by atoms with Crippen molar-refractivity contribution in [1.82, 2.24) is 9.38 Å². The highest BCUT2D eigenvalue weighted by atomic mass is 16.5. The molecule has 2 aromatic heterocycles. The van der Waals surface area contributed by atoms with Gasteiger partial charge in [0.2, 0.25) is 0 Å². The number of nitrogens with one attached hydrogen (secondary N) is 1. The predicted molar refractivity (Wildman–Crippen MR) is 82.7 cm³/mol. The molecule has 0 bridgehead atoms. The summed E-state index contributed by atoms with van der Waals surface area (Å²) >= 11 is 0. The topological polar surface area (TPSA) is 58.8 Å². The molecular formula is C16H17N3O2. The van der Waals surface area contributed by atoms with Crippen LogP contribution in [0.2, 0.25) is 0 Å². The summed E-state index contributed by atoms with van der Waals surface area (Å²) < 4.78 is 7.09. The maximum absolute atomic E-state index is 9.63. The second-order valence-corrected chi connectivity index (χ2v) is 4.72. The number of nitrogens with zero attached hydrogens (tertiary/aromatic N) is 2. The molecule has 21 heavy (non-hydrogen) atoms. The van der Waals surface area contributed by atoms with E-state index in [9.17, 15) is 5.11 Å². The summed E-state index contributed by atoms with van der Waals surface area (Å²) in [6.45, 7) is 1.33. The molecule has 2 N–H and O–H groups in total. The third-order valence-electron chi connectivity index (χ3n) is 3.32. The molecule has 0 unspecified atom stereocenters. The van der Waals surface area contributed by atoms with Gasteiger partial charge in [-0.2, -0.15) is 0 Å². The summed E-state index contributed by atoms with van der Waals surface area (Å²) in [6.07, 6.45) is 3.67. The molecule has 0 saturated heterocycles. The molecule has 3 rings (SSSR count). The van der Waals surface area contributed by atoms with E-state index in [-0.39, 0.29) is 5.75 Å². The Morgan fingerprint density at radius 2 is 2.19 bits per heavy atom. The van der Waals surface area contributed by atoms with Gasteiger partial charge in [0.15, 0.2) is 0 Å². The average Bonchev–Trinajstić information content (AvgIpc) is 2.92. The van der Waals surface area contributed by atoms with Crippen LogP contribution in [0, 0.1) is 0 Å². The van der Waals surface area contributed by atoms with Gasteiger partial charge < -0.3 is 19.6 Å². The van der Waals surface area contributed by atoms with Crippen LogP contribution in [-0.4, -0.2) is 34.8 Å². The smallest absolute Gasteiger partial charge is 0.150 e. The molecular weight excluding hydrogens is 266 g/mol. The lowest BCUT2D eigenvalue weighted by molar-refractivity contribution is 0.210. The van der Waals surface area contributed by atoms with E-state index in [0.29, 0.717) is 13.2 Å². The zero-order valence-electron chi connectivity index (χ0n) is 11.8. The summed E-state index contributed by atoms with van der Waals surface area (Å²) in [6, 6.07) is 11.3. The fraction of sp³-hybridized carbons (Fsp3) is 0.188. The molecule has 0 radical (unpaired) electrons. The maximum atomic E-state index is 9.63. The molecule has 0 spiro atoms. The van der Waals surface area contributed by atoms with Gasteiger partial charge in [-0.05, 0) is 24.3 Å². The first-order valence-corrected chi connectivity index (χ1v) is 6.78. The van der Waals surface area contributed by atoms with Gasteiger partial charge in [0.1, 0.15) is 11.6 Å². The lowest BCUT2D eigenvalue weighted by atomic mass is 10.1. The fourth-order valence-electron chi connectivity index (χ4n) is 2.35. The normalized spacial score (nSPS) is 10.9. The Morgan fingerprint density at radius 1 is 1.29 bits per heavy atom. The number of methoxy groups -OCH3 is 1. The molecule has 0 aliphatic carbocycles. The van der Waals surface area contributed by atoms with Crippen LogP contribution in [0.15, 0.2) is 48.8 Å². The Kier molecular flexibility index (Phi) is 3.75. The number of fused-ring (bicyclic) bond motifs is 1. The lowest BCUT2D eigenvalue weighted by Gasteiger charge is -2.08. The second kappa shape index (κ2) is 5.85. The van der Waals surface area contributed by atoms with Gasteiger partial charge >= 0.3 is 0 Å². The minimum absolute atomic E-state index is 0.259. The van der Waals surface area contributed by atoms with E-state index in [4.69, 9.17) is 4.74 Å². The quantitative estimate of drug-likeness (QED) is 0.707. The third-order valence-corrected chi connectivity index (χ3v) is 3.32. The van der Waals surface area contributed by atoms with Gasteiger partial charge in [-0.1, -0.05) is 12.1 Å².